The van der Waals surface area contributed by atoms with Crippen molar-refractivity contribution < 1.29 is 32.5 Å². The van der Waals surface area contributed by atoms with Crippen molar-refractivity contribution in [1.29, 1.82) is 0 Å². The number of rotatable bonds is 29. The van der Waals surface area contributed by atoms with Crippen molar-refractivity contribution >= 4 is 13.7 Å². The largest absolute Gasteiger partial charge is 0.472 e. The first-order valence-electron chi connectivity index (χ1n) is 17.5. The number of unbranched alkanes of at least 4 members (excludes halogenated alkanes) is 12. The van der Waals surface area contributed by atoms with Crippen LogP contribution in [0.1, 0.15) is 109 Å². The van der Waals surface area contributed by atoms with E-state index in [1.54, 1.807) is 4.90 Å². The van der Waals surface area contributed by atoms with Crippen molar-refractivity contribution in [2.45, 2.75) is 116 Å². The molecule has 0 saturated heterocycles. The molecule has 1 amide bonds. The lowest BCUT2D eigenvalue weighted by molar-refractivity contribution is -0.870. The Kier molecular flexibility index (Phi) is 23.5. The minimum atomic E-state index is -4.32. The van der Waals surface area contributed by atoms with E-state index in [2.05, 4.69) is 19.1 Å². The number of likely N-dealkylation sites (N-methyl/N-ethyl adjacent to an activating group) is 1. The Bertz CT molecular complexity index is 937. The molecule has 0 aliphatic carbocycles. The lowest BCUT2D eigenvalue weighted by atomic mass is 10.1. The fourth-order valence-corrected chi connectivity index (χ4v) is 5.84. The minimum absolute atomic E-state index is 0.0881. The summed E-state index contributed by atoms with van der Waals surface area (Å²) in [6, 6.07) is 9.95. The number of phosphoric acid groups is 1. The Morgan fingerprint density at radius 3 is 2.04 bits per heavy atom. The summed E-state index contributed by atoms with van der Waals surface area (Å²) in [6.45, 7) is 5.70. The molecule has 45 heavy (non-hydrogen) atoms. The standard InChI is InChI=1S/C36H65N2O6P/c1-6-7-8-9-10-11-12-13-14-15-16-17-18-19-20-24-30-42-33-36(44-45(40,41)43-31-29-38(3,4)5)32-37(34(2)39)28-27-35-25-22-21-23-26-35/h13-14,21-23,25-26,36H,6-12,15-20,24,27-33H2,1-5H3/p+1. The van der Waals surface area contributed by atoms with Gasteiger partial charge in [0.15, 0.2) is 0 Å². The van der Waals surface area contributed by atoms with Crippen LogP contribution in [0.2, 0.25) is 0 Å². The zero-order valence-electron chi connectivity index (χ0n) is 29.3. The smallest absolute Gasteiger partial charge is 0.379 e. The number of benzene rings is 1. The average Bonchev–Trinajstić information content (AvgIpc) is 2.97. The molecule has 0 spiro atoms. The molecular formula is C36H66N2O6P+. The number of amides is 1. The summed E-state index contributed by atoms with van der Waals surface area (Å²) in [4.78, 5) is 24.5. The van der Waals surface area contributed by atoms with Crippen molar-refractivity contribution in [3.63, 3.8) is 0 Å². The molecule has 2 unspecified atom stereocenters. The molecule has 0 aliphatic rings. The first-order valence-corrected chi connectivity index (χ1v) is 19.0. The highest BCUT2D eigenvalue weighted by atomic mass is 31.2. The van der Waals surface area contributed by atoms with Crippen molar-refractivity contribution in [3.05, 3.63) is 48.0 Å². The fourth-order valence-electron chi connectivity index (χ4n) is 4.96. The molecule has 0 saturated carbocycles. The summed E-state index contributed by atoms with van der Waals surface area (Å²) in [5.74, 6) is -0.119. The average molecular weight is 654 g/mol. The normalized spacial score (nSPS) is 14.1. The van der Waals surface area contributed by atoms with Crippen LogP contribution in [-0.2, 0) is 29.6 Å². The molecule has 0 aliphatic heterocycles. The van der Waals surface area contributed by atoms with Gasteiger partial charge in [-0.1, -0.05) is 107 Å². The van der Waals surface area contributed by atoms with Gasteiger partial charge in [0.05, 0.1) is 27.7 Å². The lowest BCUT2D eigenvalue weighted by Crippen LogP contribution is -2.40. The van der Waals surface area contributed by atoms with E-state index < -0.39 is 13.9 Å². The third-order valence-corrected chi connectivity index (χ3v) is 8.86. The van der Waals surface area contributed by atoms with Gasteiger partial charge in [0.25, 0.3) is 0 Å². The monoisotopic (exact) mass is 653 g/mol. The second-order valence-corrected chi connectivity index (χ2v) is 14.7. The van der Waals surface area contributed by atoms with Crippen LogP contribution >= 0.6 is 7.82 Å². The number of quaternary nitrogens is 1. The van der Waals surface area contributed by atoms with Crippen LogP contribution in [0.25, 0.3) is 0 Å². The Hall–Kier alpha value is -1.54. The van der Waals surface area contributed by atoms with Crippen molar-refractivity contribution in [3.8, 4) is 0 Å². The molecule has 1 aromatic rings. The van der Waals surface area contributed by atoms with Crippen LogP contribution in [0.5, 0.6) is 0 Å². The van der Waals surface area contributed by atoms with Crippen LogP contribution in [0.15, 0.2) is 42.5 Å². The number of carbonyl (C=O) groups excluding carboxylic acids is 1. The van der Waals surface area contributed by atoms with Gasteiger partial charge in [-0.3, -0.25) is 13.8 Å². The van der Waals surface area contributed by atoms with E-state index >= 15 is 0 Å². The molecule has 0 aromatic heterocycles. The highest BCUT2D eigenvalue weighted by Crippen LogP contribution is 2.44. The van der Waals surface area contributed by atoms with Gasteiger partial charge >= 0.3 is 7.82 Å². The van der Waals surface area contributed by atoms with Crippen LogP contribution in [0.4, 0.5) is 0 Å². The van der Waals surface area contributed by atoms with Gasteiger partial charge in [-0.25, -0.2) is 4.57 Å². The summed E-state index contributed by atoms with van der Waals surface area (Å²) >= 11 is 0. The number of allylic oxidation sites excluding steroid dienone is 2. The van der Waals surface area contributed by atoms with Gasteiger partial charge in [0, 0.05) is 26.6 Å². The Morgan fingerprint density at radius 2 is 1.47 bits per heavy atom. The summed E-state index contributed by atoms with van der Waals surface area (Å²) in [5.41, 5.74) is 1.12. The maximum Gasteiger partial charge on any atom is 0.472 e. The van der Waals surface area contributed by atoms with Gasteiger partial charge in [-0.15, -0.1) is 0 Å². The topological polar surface area (TPSA) is 85.3 Å². The Morgan fingerprint density at radius 1 is 0.889 bits per heavy atom. The van der Waals surface area contributed by atoms with E-state index in [1.165, 1.54) is 84.0 Å². The van der Waals surface area contributed by atoms with Crippen LogP contribution in [0.3, 0.4) is 0 Å². The van der Waals surface area contributed by atoms with E-state index in [4.69, 9.17) is 13.8 Å². The number of hydrogen-bond acceptors (Lipinski definition) is 5. The third kappa shape index (κ3) is 25.3. The highest BCUT2D eigenvalue weighted by Gasteiger charge is 2.29. The number of nitrogens with zero attached hydrogens (tertiary/aromatic N) is 2. The van der Waals surface area contributed by atoms with Gasteiger partial charge in [0.2, 0.25) is 5.91 Å². The summed E-state index contributed by atoms with van der Waals surface area (Å²) in [7, 11) is 1.62. The van der Waals surface area contributed by atoms with Crippen LogP contribution in [-0.4, -0.2) is 86.9 Å². The van der Waals surface area contributed by atoms with E-state index in [9.17, 15) is 14.3 Å². The molecule has 9 heteroatoms. The van der Waals surface area contributed by atoms with Crippen molar-refractivity contribution in [2.24, 2.45) is 0 Å². The van der Waals surface area contributed by atoms with E-state index in [0.29, 0.717) is 30.6 Å². The SMILES string of the molecule is CCCCCCCCC=CCCCCCCCCOCC(CN(CCc1ccccc1)C(C)=O)OP(=O)(O)OCC[N+](C)(C)C. The predicted octanol–water partition coefficient (Wildman–Crippen LogP) is 8.34. The van der Waals surface area contributed by atoms with Crippen LogP contribution in [0, 0.1) is 0 Å². The zero-order chi connectivity index (χ0) is 33.2. The molecule has 260 valence electrons. The maximum atomic E-state index is 12.8. The quantitative estimate of drug-likeness (QED) is 0.0405. The van der Waals surface area contributed by atoms with Crippen molar-refractivity contribution in [1.82, 2.24) is 4.90 Å². The molecule has 8 nitrogen and oxygen atoms in total. The van der Waals surface area contributed by atoms with Gasteiger partial charge < -0.3 is 19.0 Å². The third-order valence-electron chi connectivity index (χ3n) is 7.79. The van der Waals surface area contributed by atoms with Gasteiger partial charge in [-0.05, 0) is 44.1 Å². The lowest BCUT2D eigenvalue weighted by Gasteiger charge is -2.28. The number of carbonyl (C=O) groups is 1. The fraction of sp³-hybridized carbons (Fsp3) is 0.750. The summed E-state index contributed by atoms with van der Waals surface area (Å²) in [5, 5.41) is 0. The molecule has 0 radical (unpaired) electrons. The number of hydrogen-bond donors (Lipinski definition) is 1. The van der Waals surface area contributed by atoms with E-state index in [0.717, 1.165) is 18.4 Å². The second-order valence-electron chi connectivity index (χ2n) is 13.3. The first kappa shape index (κ1) is 41.5. The highest BCUT2D eigenvalue weighted by molar-refractivity contribution is 7.47. The molecule has 0 bridgehead atoms. The Labute approximate surface area is 275 Å². The van der Waals surface area contributed by atoms with Gasteiger partial charge in [0.1, 0.15) is 19.3 Å². The number of ether oxygens (including phenoxy) is 1. The molecule has 0 heterocycles. The zero-order valence-corrected chi connectivity index (χ0v) is 30.2. The summed E-state index contributed by atoms with van der Waals surface area (Å²) in [6.07, 6.45) is 22.1. The van der Waals surface area contributed by atoms with Crippen molar-refractivity contribution in [2.75, 3.05) is 60.6 Å². The molecular weight excluding hydrogens is 587 g/mol. The molecule has 0 fully saturated rings. The maximum absolute atomic E-state index is 12.8. The Balaban J connectivity index is 2.38. The van der Waals surface area contributed by atoms with Gasteiger partial charge in [-0.2, -0.15) is 0 Å². The molecule has 1 aromatic carbocycles. The minimum Gasteiger partial charge on any atom is -0.379 e. The molecule has 1 N–H and O–H groups in total. The second kappa shape index (κ2) is 25.5. The van der Waals surface area contributed by atoms with E-state index in [-0.39, 0.29) is 25.7 Å². The predicted molar refractivity (Wildman–Crippen MR) is 186 cm³/mol. The van der Waals surface area contributed by atoms with E-state index in [1.807, 2.05) is 51.5 Å². The number of phosphoric ester groups is 1. The first-order chi connectivity index (χ1) is 21.5. The summed E-state index contributed by atoms with van der Waals surface area (Å²) < 4.78 is 30.1. The van der Waals surface area contributed by atoms with Crippen LogP contribution < -0.4 is 0 Å². The molecule has 2 atom stereocenters. The molecule has 1 rings (SSSR count).